The second kappa shape index (κ2) is 7.06. The van der Waals surface area contributed by atoms with E-state index in [1.54, 1.807) is 0 Å². The van der Waals surface area contributed by atoms with E-state index in [-0.39, 0.29) is 0 Å². The van der Waals surface area contributed by atoms with Crippen LogP contribution in [0.3, 0.4) is 0 Å². The number of aliphatic imine (C=N–C) groups is 2. The van der Waals surface area contributed by atoms with Crippen LogP contribution in [0.5, 0.6) is 0 Å². The molecule has 4 nitrogen and oxygen atoms in total. The minimum Gasteiger partial charge on any atom is -0.390 e. The van der Waals surface area contributed by atoms with Crippen molar-refractivity contribution in [1.29, 1.82) is 0 Å². The highest BCUT2D eigenvalue weighted by atomic mass is 15.0. The highest BCUT2D eigenvalue weighted by Gasteiger charge is 1.98. The number of benzene rings is 1. The van der Waals surface area contributed by atoms with Gasteiger partial charge in [0.15, 0.2) is 0 Å². The molecule has 0 amide bonds. The Labute approximate surface area is 108 Å². The molecule has 0 atom stereocenters. The maximum atomic E-state index is 5.18. The lowest BCUT2D eigenvalue weighted by atomic mass is 10.2. The van der Waals surface area contributed by atoms with Gasteiger partial charge in [0.2, 0.25) is 0 Å². The van der Waals surface area contributed by atoms with E-state index in [2.05, 4.69) is 28.5 Å². The van der Waals surface area contributed by atoms with E-state index in [9.17, 15) is 0 Å². The van der Waals surface area contributed by atoms with Crippen LogP contribution in [0, 0.1) is 0 Å². The lowest BCUT2D eigenvalue weighted by Gasteiger charge is -2.08. The van der Waals surface area contributed by atoms with Gasteiger partial charge in [-0.05, 0) is 12.5 Å². The van der Waals surface area contributed by atoms with E-state index < -0.39 is 0 Å². The third-order valence-corrected chi connectivity index (χ3v) is 2.25. The van der Waals surface area contributed by atoms with E-state index in [1.807, 2.05) is 37.3 Å². The molecule has 1 rings (SSSR count). The average Bonchev–Trinajstić information content (AvgIpc) is 2.38. The zero-order chi connectivity index (χ0) is 13.4. The molecule has 0 radical (unpaired) electrons. The van der Waals surface area contributed by atoms with Crippen molar-refractivity contribution in [2.45, 2.75) is 13.5 Å². The highest BCUT2D eigenvalue weighted by molar-refractivity contribution is 5.82. The molecule has 94 valence electrons. The molecule has 1 aromatic carbocycles. The Morgan fingerprint density at radius 1 is 1.33 bits per heavy atom. The molecule has 3 N–H and O–H groups in total. The van der Waals surface area contributed by atoms with Gasteiger partial charge in [0, 0.05) is 0 Å². The number of hydrogen-bond acceptors (Lipinski definition) is 2. The Balaban J connectivity index is 2.53. The molecule has 0 aliphatic rings. The predicted octanol–water partition coefficient (Wildman–Crippen LogP) is 2.21. The van der Waals surface area contributed by atoms with Crippen molar-refractivity contribution in [3.05, 3.63) is 60.4 Å². The molecule has 0 saturated carbocycles. The van der Waals surface area contributed by atoms with Gasteiger partial charge in [-0.3, -0.25) is 4.99 Å². The maximum absolute atomic E-state index is 5.18. The van der Waals surface area contributed by atoms with Gasteiger partial charge in [0.25, 0.3) is 0 Å². The van der Waals surface area contributed by atoms with E-state index in [4.69, 9.17) is 5.73 Å². The third kappa shape index (κ3) is 4.65. The molecule has 4 heteroatoms. The van der Waals surface area contributed by atoms with Crippen LogP contribution >= 0.6 is 0 Å². The lowest BCUT2D eigenvalue weighted by Crippen LogP contribution is -2.20. The second-order valence-corrected chi connectivity index (χ2v) is 3.72. The summed E-state index contributed by atoms with van der Waals surface area (Å²) in [5, 5.41) is 3.02. The Morgan fingerprint density at radius 2 is 2.00 bits per heavy atom. The van der Waals surface area contributed by atoms with Gasteiger partial charge >= 0.3 is 0 Å². The normalized spacial score (nSPS) is 11.5. The Hall–Kier alpha value is -2.36. The Kier molecular flexibility index (Phi) is 5.38. The summed E-state index contributed by atoms with van der Waals surface area (Å²) in [5.74, 6) is 0.761. The number of nitrogens with one attached hydrogen (secondary N) is 1. The molecule has 0 aliphatic heterocycles. The zero-order valence-corrected chi connectivity index (χ0v) is 10.6. The fourth-order valence-electron chi connectivity index (χ4n) is 1.29. The van der Waals surface area contributed by atoms with Crippen molar-refractivity contribution < 1.29 is 0 Å². The van der Waals surface area contributed by atoms with Crippen LogP contribution in [-0.4, -0.2) is 12.2 Å². The molecule has 0 saturated heterocycles. The summed E-state index contributed by atoms with van der Waals surface area (Å²) in [6.07, 6.45) is 1.19. The molecule has 0 aliphatic carbocycles. The van der Waals surface area contributed by atoms with Crippen molar-refractivity contribution >= 4 is 12.2 Å². The minimum atomic E-state index is 0.492. The quantitative estimate of drug-likeness (QED) is 0.472. The smallest absolute Gasteiger partial charge is 0.0980 e. The zero-order valence-electron chi connectivity index (χ0n) is 10.6. The molecule has 0 heterocycles. The number of nitrogens with two attached hydrogens (primary N) is 1. The highest BCUT2D eigenvalue weighted by Crippen LogP contribution is 2.03. The predicted molar refractivity (Wildman–Crippen MR) is 77.4 cm³/mol. The van der Waals surface area contributed by atoms with Gasteiger partial charge < -0.3 is 11.1 Å². The molecule has 0 bridgehead atoms. The Morgan fingerprint density at radius 3 is 2.61 bits per heavy atom. The molecule has 0 aromatic heterocycles. The number of hydrogen-bond donors (Lipinski definition) is 2. The minimum absolute atomic E-state index is 0.492. The van der Waals surface area contributed by atoms with Gasteiger partial charge in [0.05, 0.1) is 30.1 Å². The molecule has 0 fully saturated rings. The van der Waals surface area contributed by atoms with Gasteiger partial charge in [0.1, 0.15) is 0 Å². The first kappa shape index (κ1) is 13.7. The van der Waals surface area contributed by atoms with Gasteiger partial charge in [-0.1, -0.05) is 43.5 Å². The van der Waals surface area contributed by atoms with Gasteiger partial charge in [-0.15, -0.1) is 0 Å². The number of amidine groups is 1. The first-order valence-electron chi connectivity index (χ1n) is 5.58. The first-order chi connectivity index (χ1) is 8.63. The molecular formula is C14H18N4. The first-order valence-corrected chi connectivity index (χ1v) is 5.58. The van der Waals surface area contributed by atoms with Crippen molar-refractivity contribution in [3.8, 4) is 0 Å². The number of nitrogens with zero attached hydrogens (tertiary/aromatic N) is 2. The molecule has 0 unspecified atom stereocenters. The van der Waals surface area contributed by atoms with Crippen LogP contribution in [0.2, 0.25) is 0 Å². The van der Waals surface area contributed by atoms with Crippen LogP contribution < -0.4 is 11.1 Å². The molecule has 18 heavy (non-hydrogen) atoms. The van der Waals surface area contributed by atoms with Crippen molar-refractivity contribution in [1.82, 2.24) is 5.32 Å². The maximum Gasteiger partial charge on any atom is 0.0980 e. The van der Waals surface area contributed by atoms with Crippen molar-refractivity contribution in [2.75, 3.05) is 0 Å². The third-order valence-electron chi connectivity index (χ3n) is 2.25. The molecule has 1 aromatic rings. The van der Waals surface area contributed by atoms with Crippen molar-refractivity contribution in [2.24, 2.45) is 15.7 Å². The average molecular weight is 242 g/mol. The summed E-state index contributed by atoms with van der Waals surface area (Å²) in [4.78, 5) is 8.23. The summed E-state index contributed by atoms with van der Waals surface area (Å²) in [6, 6.07) is 10.0. The number of rotatable bonds is 5. The van der Waals surface area contributed by atoms with E-state index >= 15 is 0 Å². The van der Waals surface area contributed by atoms with E-state index in [1.165, 1.54) is 6.34 Å². The van der Waals surface area contributed by atoms with Crippen LogP contribution in [-0.2, 0) is 6.54 Å². The van der Waals surface area contributed by atoms with Gasteiger partial charge in [-0.25, -0.2) is 4.99 Å². The van der Waals surface area contributed by atoms with Crippen LogP contribution in [0.25, 0.3) is 0 Å². The van der Waals surface area contributed by atoms with Crippen LogP contribution in [0.1, 0.15) is 12.5 Å². The summed E-state index contributed by atoms with van der Waals surface area (Å²) >= 11 is 0. The lowest BCUT2D eigenvalue weighted by molar-refractivity contribution is 1.01. The van der Waals surface area contributed by atoms with Crippen LogP contribution in [0.15, 0.2) is 64.9 Å². The second-order valence-electron chi connectivity index (χ2n) is 3.72. The largest absolute Gasteiger partial charge is 0.390 e. The topological polar surface area (TPSA) is 62.8 Å². The molecule has 0 spiro atoms. The summed E-state index contributed by atoms with van der Waals surface area (Å²) < 4.78 is 0. The summed E-state index contributed by atoms with van der Waals surface area (Å²) in [6.45, 7) is 10.0. The van der Waals surface area contributed by atoms with E-state index in [0.29, 0.717) is 17.9 Å². The summed E-state index contributed by atoms with van der Waals surface area (Å²) in [5.41, 5.74) is 7.42. The van der Waals surface area contributed by atoms with E-state index in [0.717, 1.165) is 11.4 Å². The fraction of sp³-hybridized carbons (Fsp3) is 0.143. The summed E-state index contributed by atoms with van der Waals surface area (Å²) in [7, 11) is 0. The fourth-order valence-corrected chi connectivity index (χ4v) is 1.29. The SMILES string of the molecule is C=C(N=CN)C(=C)NC(C)=NCc1ccccc1. The monoisotopic (exact) mass is 242 g/mol. The van der Waals surface area contributed by atoms with Gasteiger partial charge in [-0.2, -0.15) is 0 Å². The molecular weight excluding hydrogens is 224 g/mol. The van der Waals surface area contributed by atoms with Crippen molar-refractivity contribution in [3.63, 3.8) is 0 Å². The standard InChI is InChI=1S/C14H18N4/c1-11(17-10-15)12(2)18-13(3)16-9-14-7-5-4-6-8-14/h4-8,10H,1-2,9H2,3H3,(H2,15,17)(H,16,18). The van der Waals surface area contributed by atoms with Crippen LogP contribution in [0.4, 0.5) is 0 Å². The Bertz CT molecular complexity index is 472.